The molecular formula is C11H13NO3S2. The fourth-order valence-corrected chi connectivity index (χ4v) is 3.60. The molecule has 0 saturated heterocycles. The van der Waals surface area contributed by atoms with Crippen LogP contribution in [0.4, 0.5) is 0 Å². The molecule has 1 saturated carbocycles. The average molecular weight is 271 g/mol. The van der Waals surface area contributed by atoms with E-state index >= 15 is 0 Å². The number of hydrogen-bond acceptors (Lipinski definition) is 4. The quantitative estimate of drug-likeness (QED) is 0.791. The molecule has 92 valence electrons. The van der Waals surface area contributed by atoms with Gasteiger partial charge in [-0.05, 0) is 25.0 Å². The SMILES string of the molecule is O=S(=O)(NCc1ccc(C#CCO)s1)C1CC1. The monoisotopic (exact) mass is 271 g/mol. The first-order valence-electron chi connectivity index (χ1n) is 5.29. The molecule has 0 bridgehead atoms. The van der Waals surface area contributed by atoms with Gasteiger partial charge in [0.2, 0.25) is 10.0 Å². The number of thiophene rings is 1. The molecule has 0 radical (unpaired) electrons. The van der Waals surface area contributed by atoms with E-state index in [1.165, 1.54) is 11.3 Å². The molecule has 0 aromatic carbocycles. The van der Waals surface area contributed by atoms with E-state index in [-0.39, 0.29) is 11.9 Å². The van der Waals surface area contributed by atoms with Gasteiger partial charge in [-0.3, -0.25) is 0 Å². The summed E-state index contributed by atoms with van der Waals surface area (Å²) in [6.45, 7) is 0.159. The summed E-state index contributed by atoms with van der Waals surface area (Å²) in [5.41, 5.74) is 0. The first-order valence-corrected chi connectivity index (χ1v) is 7.65. The van der Waals surface area contributed by atoms with E-state index in [4.69, 9.17) is 5.11 Å². The first-order chi connectivity index (χ1) is 8.12. The van der Waals surface area contributed by atoms with Crippen LogP contribution in [-0.4, -0.2) is 25.4 Å². The summed E-state index contributed by atoms with van der Waals surface area (Å²) in [4.78, 5) is 1.76. The molecular weight excluding hydrogens is 258 g/mol. The lowest BCUT2D eigenvalue weighted by Gasteiger charge is -2.02. The molecule has 1 aliphatic carbocycles. The van der Waals surface area contributed by atoms with Crippen LogP contribution in [0, 0.1) is 11.8 Å². The third kappa shape index (κ3) is 3.54. The topological polar surface area (TPSA) is 66.4 Å². The number of aliphatic hydroxyl groups excluding tert-OH is 1. The standard InChI is InChI=1S/C11H13NO3S2/c13-7-1-2-9-3-4-10(16-9)8-12-17(14,15)11-5-6-11/h3-4,11-13H,5-8H2. The van der Waals surface area contributed by atoms with Crippen molar-refractivity contribution in [2.24, 2.45) is 0 Å². The molecule has 17 heavy (non-hydrogen) atoms. The highest BCUT2D eigenvalue weighted by Gasteiger charge is 2.35. The lowest BCUT2D eigenvalue weighted by Crippen LogP contribution is -2.26. The summed E-state index contributed by atoms with van der Waals surface area (Å²) in [6, 6.07) is 3.68. The third-order valence-electron chi connectivity index (χ3n) is 2.36. The van der Waals surface area contributed by atoms with E-state index in [1.54, 1.807) is 0 Å². The van der Waals surface area contributed by atoms with Crippen LogP contribution in [0.25, 0.3) is 0 Å². The summed E-state index contributed by atoms with van der Waals surface area (Å²) in [7, 11) is -3.11. The van der Waals surface area contributed by atoms with Crippen LogP contribution in [0.15, 0.2) is 12.1 Å². The summed E-state index contributed by atoms with van der Waals surface area (Å²) >= 11 is 1.43. The normalized spacial score (nSPS) is 15.4. The van der Waals surface area contributed by atoms with Crippen molar-refractivity contribution < 1.29 is 13.5 Å². The van der Waals surface area contributed by atoms with Crippen molar-refractivity contribution in [3.63, 3.8) is 0 Å². The lowest BCUT2D eigenvalue weighted by molar-refractivity contribution is 0.350. The highest BCUT2D eigenvalue weighted by Crippen LogP contribution is 2.27. The summed E-state index contributed by atoms with van der Waals surface area (Å²) in [6.07, 6.45) is 1.54. The van der Waals surface area contributed by atoms with E-state index in [0.717, 1.165) is 22.6 Å². The van der Waals surface area contributed by atoms with E-state index in [1.807, 2.05) is 12.1 Å². The van der Waals surface area contributed by atoms with Gasteiger partial charge in [0, 0.05) is 11.4 Å². The molecule has 0 amide bonds. The van der Waals surface area contributed by atoms with Gasteiger partial charge >= 0.3 is 0 Å². The number of sulfonamides is 1. The minimum absolute atomic E-state index is 0.165. The second-order valence-corrected chi connectivity index (χ2v) is 7.01. The summed E-state index contributed by atoms with van der Waals surface area (Å²) in [5, 5.41) is 8.37. The van der Waals surface area contributed by atoms with Gasteiger partial charge in [0.1, 0.15) is 6.61 Å². The molecule has 4 nitrogen and oxygen atoms in total. The highest BCUT2D eigenvalue weighted by atomic mass is 32.2. The number of aliphatic hydroxyl groups is 1. The van der Waals surface area contributed by atoms with Gasteiger partial charge in [0.15, 0.2) is 0 Å². The fourth-order valence-electron chi connectivity index (χ4n) is 1.33. The average Bonchev–Trinajstić information content (AvgIpc) is 3.06. The van der Waals surface area contributed by atoms with Crippen LogP contribution in [0.1, 0.15) is 22.6 Å². The van der Waals surface area contributed by atoms with Crippen molar-refractivity contribution in [2.75, 3.05) is 6.61 Å². The molecule has 0 atom stereocenters. The Labute approximate surface area is 105 Å². The second-order valence-electron chi connectivity index (χ2n) is 3.79. The van der Waals surface area contributed by atoms with Crippen molar-refractivity contribution >= 4 is 21.4 Å². The maximum absolute atomic E-state index is 11.6. The number of hydrogen-bond donors (Lipinski definition) is 2. The van der Waals surface area contributed by atoms with E-state index in [0.29, 0.717) is 6.54 Å². The van der Waals surface area contributed by atoms with Gasteiger partial charge in [0.05, 0.1) is 10.1 Å². The van der Waals surface area contributed by atoms with Crippen molar-refractivity contribution in [3.8, 4) is 11.8 Å². The van der Waals surface area contributed by atoms with Crippen molar-refractivity contribution in [3.05, 3.63) is 21.9 Å². The van der Waals surface area contributed by atoms with E-state index in [2.05, 4.69) is 16.6 Å². The molecule has 0 aliphatic heterocycles. The summed E-state index contributed by atoms with van der Waals surface area (Å²) < 4.78 is 25.7. The van der Waals surface area contributed by atoms with Crippen LogP contribution in [0.2, 0.25) is 0 Å². The Morgan fingerprint density at radius 2 is 2.24 bits per heavy atom. The molecule has 6 heteroatoms. The maximum atomic E-state index is 11.6. The molecule has 2 N–H and O–H groups in total. The Morgan fingerprint density at radius 1 is 1.47 bits per heavy atom. The molecule has 1 fully saturated rings. The zero-order valence-corrected chi connectivity index (χ0v) is 10.8. The zero-order valence-electron chi connectivity index (χ0n) is 9.14. The van der Waals surface area contributed by atoms with Crippen LogP contribution in [0.5, 0.6) is 0 Å². The van der Waals surface area contributed by atoms with Gasteiger partial charge < -0.3 is 5.11 Å². The van der Waals surface area contributed by atoms with Crippen LogP contribution < -0.4 is 4.72 Å². The highest BCUT2D eigenvalue weighted by molar-refractivity contribution is 7.90. The molecule has 1 heterocycles. The fraction of sp³-hybridized carbons (Fsp3) is 0.455. The van der Waals surface area contributed by atoms with Crippen molar-refractivity contribution in [1.29, 1.82) is 0 Å². The van der Waals surface area contributed by atoms with Crippen molar-refractivity contribution in [1.82, 2.24) is 4.72 Å². The molecule has 2 rings (SSSR count). The molecule has 0 unspecified atom stereocenters. The predicted octanol–water partition coefficient (Wildman–Crippen LogP) is 0.674. The van der Waals surface area contributed by atoms with Gasteiger partial charge in [-0.1, -0.05) is 11.8 Å². The Morgan fingerprint density at radius 3 is 2.88 bits per heavy atom. The largest absolute Gasteiger partial charge is 0.384 e. The van der Waals surface area contributed by atoms with Crippen molar-refractivity contribution in [2.45, 2.75) is 24.6 Å². The van der Waals surface area contributed by atoms with Gasteiger partial charge in [-0.2, -0.15) is 0 Å². The molecule has 1 aromatic heterocycles. The van der Waals surface area contributed by atoms with Crippen LogP contribution in [-0.2, 0) is 16.6 Å². The third-order valence-corrected chi connectivity index (χ3v) is 5.26. The van der Waals surface area contributed by atoms with Crippen LogP contribution >= 0.6 is 11.3 Å². The molecule has 1 aliphatic rings. The number of rotatable bonds is 4. The maximum Gasteiger partial charge on any atom is 0.214 e. The smallest absolute Gasteiger partial charge is 0.214 e. The molecule has 1 aromatic rings. The lowest BCUT2D eigenvalue weighted by atomic mass is 10.4. The minimum atomic E-state index is -3.11. The van der Waals surface area contributed by atoms with Gasteiger partial charge in [0.25, 0.3) is 0 Å². The number of nitrogens with one attached hydrogen (secondary N) is 1. The predicted molar refractivity (Wildman–Crippen MR) is 67.1 cm³/mol. The Hall–Kier alpha value is -0.870. The second kappa shape index (κ2) is 5.19. The zero-order chi connectivity index (χ0) is 12.3. The molecule has 0 spiro atoms. The minimum Gasteiger partial charge on any atom is -0.384 e. The Balaban J connectivity index is 1.93. The van der Waals surface area contributed by atoms with Crippen LogP contribution in [0.3, 0.4) is 0 Å². The Bertz CT molecular complexity index is 547. The Kier molecular flexibility index (Phi) is 3.84. The van der Waals surface area contributed by atoms with E-state index < -0.39 is 10.0 Å². The van der Waals surface area contributed by atoms with Gasteiger partial charge in [-0.25, -0.2) is 13.1 Å². The van der Waals surface area contributed by atoms with Gasteiger partial charge in [-0.15, -0.1) is 11.3 Å². The first kappa shape index (κ1) is 12.6. The van der Waals surface area contributed by atoms with E-state index in [9.17, 15) is 8.42 Å². The summed E-state index contributed by atoms with van der Waals surface area (Å²) in [5.74, 6) is 5.34.